The van der Waals surface area contributed by atoms with Gasteiger partial charge in [-0.2, -0.15) is 5.10 Å². The Labute approximate surface area is 179 Å². The standard InChI is InChI=1S/C23H21N3O5/c1-29-21-7-3-2-6-20(21)24-16-22(27)26-25-15-17-8-10-19(11-9-17)31-23(28)13-12-18-5-4-14-30-18/h2-15,24H,16H2,1H3,(H,26,27)/b13-12+,25-15?. The summed E-state index contributed by atoms with van der Waals surface area (Å²) in [5.74, 6) is 0.764. The van der Waals surface area contributed by atoms with Gasteiger partial charge < -0.3 is 19.2 Å². The van der Waals surface area contributed by atoms with Crippen LogP contribution in [0.4, 0.5) is 5.69 Å². The van der Waals surface area contributed by atoms with Gasteiger partial charge >= 0.3 is 5.97 Å². The summed E-state index contributed by atoms with van der Waals surface area (Å²) in [6.07, 6.45) is 5.81. The fraction of sp³-hybridized carbons (Fsp3) is 0.0870. The van der Waals surface area contributed by atoms with E-state index in [1.54, 1.807) is 49.6 Å². The monoisotopic (exact) mass is 419 g/mol. The lowest BCUT2D eigenvalue weighted by molar-refractivity contribution is -0.129. The van der Waals surface area contributed by atoms with E-state index in [9.17, 15) is 9.59 Å². The van der Waals surface area contributed by atoms with Crippen LogP contribution < -0.4 is 20.2 Å². The zero-order valence-electron chi connectivity index (χ0n) is 16.8. The number of carbonyl (C=O) groups is 2. The van der Waals surface area contributed by atoms with Gasteiger partial charge in [-0.1, -0.05) is 12.1 Å². The molecule has 2 aromatic carbocycles. The number of hydrazone groups is 1. The van der Waals surface area contributed by atoms with Gasteiger partial charge in [0.1, 0.15) is 17.3 Å². The fourth-order valence-corrected chi connectivity index (χ4v) is 2.49. The molecule has 8 heteroatoms. The molecule has 3 aromatic rings. The number of nitrogens with zero attached hydrogens (tertiary/aromatic N) is 1. The van der Waals surface area contributed by atoms with Crippen molar-refractivity contribution >= 4 is 29.9 Å². The second kappa shape index (κ2) is 11.0. The van der Waals surface area contributed by atoms with E-state index in [0.29, 0.717) is 22.9 Å². The SMILES string of the molecule is COc1ccccc1NCC(=O)NN=Cc1ccc(OC(=O)/C=C/c2ccco2)cc1. The fourth-order valence-electron chi connectivity index (χ4n) is 2.49. The summed E-state index contributed by atoms with van der Waals surface area (Å²) in [5.41, 5.74) is 3.88. The van der Waals surface area contributed by atoms with Crippen LogP contribution in [0.5, 0.6) is 11.5 Å². The maximum Gasteiger partial charge on any atom is 0.336 e. The first kappa shape index (κ1) is 21.4. The van der Waals surface area contributed by atoms with Crippen molar-refractivity contribution in [3.8, 4) is 11.5 Å². The normalized spacial score (nSPS) is 10.9. The number of rotatable bonds is 9. The molecule has 0 spiro atoms. The van der Waals surface area contributed by atoms with Gasteiger partial charge in [-0.25, -0.2) is 10.2 Å². The van der Waals surface area contributed by atoms with Crippen LogP contribution >= 0.6 is 0 Å². The third kappa shape index (κ3) is 6.90. The Bertz CT molecular complexity index is 1060. The number of benzene rings is 2. The van der Waals surface area contributed by atoms with Gasteiger partial charge in [0, 0.05) is 6.08 Å². The van der Waals surface area contributed by atoms with Crippen LogP contribution in [0.15, 0.2) is 82.5 Å². The molecule has 0 aliphatic carbocycles. The minimum Gasteiger partial charge on any atom is -0.495 e. The summed E-state index contributed by atoms with van der Waals surface area (Å²) < 4.78 is 15.5. The van der Waals surface area contributed by atoms with Gasteiger partial charge in [-0.15, -0.1) is 0 Å². The summed E-state index contributed by atoms with van der Waals surface area (Å²) in [7, 11) is 1.56. The third-order valence-electron chi connectivity index (χ3n) is 3.97. The van der Waals surface area contributed by atoms with E-state index in [2.05, 4.69) is 15.8 Å². The van der Waals surface area contributed by atoms with Crippen molar-refractivity contribution in [2.45, 2.75) is 0 Å². The average Bonchev–Trinajstić information content (AvgIpc) is 3.31. The van der Waals surface area contributed by atoms with Crippen molar-refractivity contribution in [2.24, 2.45) is 5.10 Å². The minimum atomic E-state index is -0.521. The van der Waals surface area contributed by atoms with Crippen molar-refractivity contribution in [3.05, 3.63) is 84.3 Å². The van der Waals surface area contributed by atoms with E-state index >= 15 is 0 Å². The van der Waals surface area contributed by atoms with Crippen LogP contribution in [-0.2, 0) is 9.59 Å². The molecule has 0 aliphatic rings. The van der Waals surface area contributed by atoms with Crippen LogP contribution in [-0.4, -0.2) is 31.7 Å². The first-order valence-electron chi connectivity index (χ1n) is 9.36. The van der Waals surface area contributed by atoms with Crippen LogP contribution in [0.1, 0.15) is 11.3 Å². The highest BCUT2D eigenvalue weighted by Gasteiger charge is 2.04. The molecule has 0 bridgehead atoms. The maximum absolute atomic E-state index is 11.9. The van der Waals surface area contributed by atoms with E-state index in [1.165, 1.54) is 24.6 Å². The van der Waals surface area contributed by atoms with E-state index in [4.69, 9.17) is 13.9 Å². The highest BCUT2D eigenvalue weighted by molar-refractivity contribution is 5.88. The summed E-state index contributed by atoms with van der Waals surface area (Å²) >= 11 is 0. The Balaban J connectivity index is 1.43. The van der Waals surface area contributed by atoms with Crippen LogP contribution in [0.25, 0.3) is 6.08 Å². The zero-order valence-corrected chi connectivity index (χ0v) is 16.8. The zero-order chi connectivity index (χ0) is 21.9. The van der Waals surface area contributed by atoms with Crippen molar-refractivity contribution in [3.63, 3.8) is 0 Å². The molecule has 8 nitrogen and oxygen atoms in total. The number of methoxy groups -OCH3 is 1. The molecule has 1 aromatic heterocycles. The van der Waals surface area contributed by atoms with Crippen molar-refractivity contribution in [2.75, 3.05) is 19.0 Å². The van der Waals surface area contributed by atoms with Gasteiger partial charge in [-0.05, 0) is 60.2 Å². The smallest absolute Gasteiger partial charge is 0.336 e. The highest BCUT2D eigenvalue weighted by atomic mass is 16.5. The molecule has 1 heterocycles. The molecule has 3 rings (SSSR count). The Morgan fingerprint density at radius 2 is 1.87 bits per heavy atom. The predicted octanol–water partition coefficient (Wildman–Crippen LogP) is 3.47. The van der Waals surface area contributed by atoms with Gasteiger partial charge in [0.2, 0.25) is 0 Å². The number of furan rings is 1. The minimum absolute atomic E-state index is 0.0398. The van der Waals surface area contributed by atoms with Gasteiger partial charge in [0.15, 0.2) is 0 Å². The molecule has 0 radical (unpaired) electrons. The highest BCUT2D eigenvalue weighted by Crippen LogP contribution is 2.22. The molecule has 0 saturated carbocycles. The quantitative estimate of drug-likeness (QED) is 0.181. The number of hydrogen-bond donors (Lipinski definition) is 2. The summed E-state index contributed by atoms with van der Waals surface area (Å²) in [6.45, 7) is 0.0398. The molecule has 0 saturated heterocycles. The summed E-state index contributed by atoms with van der Waals surface area (Å²) in [5, 5.41) is 6.91. The van der Waals surface area contributed by atoms with E-state index in [-0.39, 0.29) is 12.5 Å². The molecule has 2 N–H and O–H groups in total. The second-order valence-electron chi connectivity index (χ2n) is 6.19. The first-order chi connectivity index (χ1) is 15.1. The van der Waals surface area contributed by atoms with Crippen LogP contribution in [0.3, 0.4) is 0 Å². The Kier molecular flexibility index (Phi) is 7.59. The first-order valence-corrected chi connectivity index (χ1v) is 9.36. The number of carbonyl (C=O) groups excluding carboxylic acids is 2. The maximum atomic E-state index is 11.9. The summed E-state index contributed by atoms with van der Waals surface area (Å²) in [4.78, 5) is 23.7. The van der Waals surface area contributed by atoms with E-state index < -0.39 is 5.97 Å². The van der Waals surface area contributed by atoms with Gasteiger partial charge in [0.25, 0.3) is 5.91 Å². The molecule has 0 fully saturated rings. The number of hydrogen-bond acceptors (Lipinski definition) is 7. The molecule has 0 unspecified atom stereocenters. The predicted molar refractivity (Wildman–Crippen MR) is 117 cm³/mol. The van der Waals surface area contributed by atoms with Crippen LogP contribution in [0.2, 0.25) is 0 Å². The molecule has 31 heavy (non-hydrogen) atoms. The second-order valence-corrected chi connectivity index (χ2v) is 6.19. The van der Waals surface area contributed by atoms with Gasteiger partial charge in [-0.3, -0.25) is 4.79 Å². The van der Waals surface area contributed by atoms with E-state index in [0.717, 1.165) is 5.56 Å². The number of ether oxygens (including phenoxy) is 2. The molecular formula is C23H21N3O5. The van der Waals surface area contributed by atoms with Gasteiger partial charge in [0.05, 0.1) is 31.8 Å². The lowest BCUT2D eigenvalue weighted by Gasteiger charge is -2.09. The third-order valence-corrected chi connectivity index (χ3v) is 3.97. The molecular weight excluding hydrogens is 398 g/mol. The van der Waals surface area contributed by atoms with Crippen LogP contribution in [0, 0.1) is 0 Å². The summed E-state index contributed by atoms with van der Waals surface area (Å²) in [6, 6.07) is 17.4. The molecule has 1 amide bonds. The lowest BCUT2D eigenvalue weighted by atomic mass is 10.2. The average molecular weight is 419 g/mol. The van der Waals surface area contributed by atoms with E-state index in [1.807, 2.05) is 18.2 Å². The lowest BCUT2D eigenvalue weighted by Crippen LogP contribution is -2.26. The molecule has 0 atom stereocenters. The molecule has 158 valence electrons. The Hall–Kier alpha value is -4.33. The van der Waals surface area contributed by atoms with Crippen molar-refractivity contribution < 1.29 is 23.5 Å². The number of para-hydroxylation sites is 2. The molecule has 0 aliphatic heterocycles. The number of anilines is 1. The number of esters is 1. The Morgan fingerprint density at radius 1 is 1.06 bits per heavy atom. The largest absolute Gasteiger partial charge is 0.495 e. The topological polar surface area (TPSA) is 102 Å². The van der Waals surface area contributed by atoms with Crippen molar-refractivity contribution in [1.29, 1.82) is 0 Å². The Morgan fingerprint density at radius 3 is 2.61 bits per heavy atom. The number of amides is 1. The van der Waals surface area contributed by atoms with Crippen molar-refractivity contribution in [1.82, 2.24) is 5.43 Å². The number of nitrogens with one attached hydrogen (secondary N) is 2.